The Balaban J connectivity index is 2.99. The van der Waals surface area contributed by atoms with E-state index in [1.807, 2.05) is 6.92 Å². The summed E-state index contributed by atoms with van der Waals surface area (Å²) in [5, 5.41) is -0.0848. The third-order valence-electron chi connectivity index (χ3n) is 2.39. The zero-order valence-corrected chi connectivity index (χ0v) is 13.8. The van der Waals surface area contributed by atoms with E-state index in [1.54, 1.807) is 13.0 Å². The molecular weight excluding hydrogens is 348 g/mol. The molecule has 0 radical (unpaired) electrons. The van der Waals surface area contributed by atoms with Gasteiger partial charge in [-0.2, -0.15) is 4.31 Å². The van der Waals surface area contributed by atoms with E-state index in [0.29, 0.717) is 10.9 Å². The van der Waals surface area contributed by atoms with Gasteiger partial charge in [-0.05, 0) is 41.4 Å². The van der Waals surface area contributed by atoms with Crippen molar-refractivity contribution >= 4 is 31.9 Å². The van der Waals surface area contributed by atoms with Gasteiger partial charge in [0.25, 0.3) is 10.0 Å². The number of carbonyl (C=O) groups excluding carboxylic acids is 1. The van der Waals surface area contributed by atoms with Gasteiger partial charge in [0.2, 0.25) is 0 Å². The number of pyridine rings is 1. The summed E-state index contributed by atoms with van der Waals surface area (Å²) in [5.74, 6) is -0.568. The molecule has 0 saturated heterocycles. The Kier molecular flexibility index (Phi) is 6.57. The molecule has 0 amide bonds. The van der Waals surface area contributed by atoms with E-state index in [-0.39, 0.29) is 24.7 Å². The predicted molar refractivity (Wildman–Crippen MR) is 77.6 cm³/mol. The summed E-state index contributed by atoms with van der Waals surface area (Å²) in [4.78, 5) is 15.4. The van der Waals surface area contributed by atoms with Gasteiger partial charge >= 0.3 is 5.97 Å². The summed E-state index contributed by atoms with van der Waals surface area (Å²) in [6.07, 6.45) is 2.00. The first-order chi connectivity index (χ1) is 9.41. The highest BCUT2D eigenvalue weighted by molar-refractivity contribution is 9.10. The molecule has 1 heterocycles. The smallest absolute Gasteiger partial charge is 0.321 e. The van der Waals surface area contributed by atoms with Crippen LogP contribution in [0.4, 0.5) is 0 Å². The standard InChI is InChI=1S/C12H17BrN2O4S/c1-3-7-15(9-12(16)19-4-2)20(17,18)11-6-5-10(13)8-14-11/h5-6,8H,3-4,7,9H2,1-2H3. The number of halogens is 1. The first kappa shape index (κ1) is 17.1. The van der Waals surface area contributed by atoms with E-state index in [4.69, 9.17) is 4.74 Å². The van der Waals surface area contributed by atoms with Crippen molar-refractivity contribution in [1.29, 1.82) is 0 Å². The van der Waals surface area contributed by atoms with E-state index in [0.717, 1.165) is 4.31 Å². The second kappa shape index (κ2) is 7.70. The van der Waals surface area contributed by atoms with Crippen molar-refractivity contribution in [2.24, 2.45) is 0 Å². The van der Waals surface area contributed by atoms with Crippen LogP contribution < -0.4 is 0 Å². The minimum absolute atomic E-state index is 0.0848. The van der Waals surface area contributed by atoms with Gasteiger partial charge in [-0.1, -0.05) is 6.92 Å². The number of carbonyl (C=O) groups is 1. The molecule has 20 heavy (non-hydrogen) atoms. The van der Waals surface area contributed by atoms with Crippen molar-refractivity contribution in [2.45, 2.75) is 25.3 Å². The fourth-order valence-corrected chi connectivity index (χ4v) is 3.15. The van der Waals surface area contributed by atoms with Crippen molar-refractivity contribution in [1.82, 2.24) is 9.29 Å². The van der Waals surface area contributed by atoms with Gasteiger partial charge in [-0.3, -0.25) is 4.79 Å². The van der Waals surface area contributed by atoms with Crippen LogP contribution in [-0.2, 0) is 19.6 Å². The molecule has 0 saturated carbocycles. The molecule has 0 N–H and O–H groups in total. The molecule has 1 aromatic rings. The topological polar surface area (TPSA) is 76.6 Å². The first-order valence-electron chi connectivity index (χ1n) is 6.19. The Hall–Kier alpha value is -0.990. The van der Waals surface area contributed by atoms with E-state index >= 15 is 0 Å². The van der Waals surface area contributed by atoms with Crippen LogP contribution in [0.25, 0.3) is 0 Å². The predicted octanol–water partition coefficient (Wildman–Crippen LogP) is 1.81. The summed E-state index contributed by atoms with van der Waals surface area (Å²) in [6.45, 7) is 3.66. The molecule has 0 aliphatic heterocycles. The van der Waals surface area contributed by atoms with E-state index < -0.39 is 16.0 Å². The molecule has 0 atom stereocenters. The van der Waals surface area contributed by atoms with Crippen LogP contribution in [0.15, 0.2) is 27.8 Å². The van der Waals surface area contributed by atoms with Gasteiger partial charge in [-0.15, -0.1) is 0 Å². The molecule has 8 heteroatoms. The summed E-state index contributed by atoms with van der Waals surface area (Å²) in [6, 6.07) is 2.99. The normalized spacial score (nSPS) is 11.6. The minimum Gasteiger partial charge on any atom is -0.465 e. The molecular formula is C12H17BrN2O4S. The van der Waals surface area contributed by atoms with Gasteiger partial charge in [0.05, 0.1) is 6.61 Å². The Bertz CT molecular complexity index is 545. The molecule has 0 fully saturated rings. The van der Waals surface area contributed by atoms with Gasteiger partial charge in [-0.25, -0.2) is 13.4 Å². The molecule has 0 bridgehead atoms. The molecule has 0 aromatic carbocycles. The van der Waals surface area contributed by atoms with Crippen LogP contribution in [0.5, 0.6) is 0 Å². The van der Waals surface area contributed by atoms with Crippen molar-refractivity contribution in [3.05, 3.63) is 22.8 Å². The average molecular weight is 365 g/mol. The molecule has 112 valence electrons. The van der Waals surface area contributed by atoms with Crippen molar-refractivity contribution < 1.29 is 17.9 Å². The molecule has 1 rings (SSSR count). The first-order valence-corrected chi connectivity index (χ1v) is 8.42. The van der Waals surface area contributed by atoms with E-state index in [1.165, 1.54) is 12.3 Å². The van der Waals surface area contributed by atoms with Crippen LogP contribution in [0.3, 0.4) is 0 Å². The molecule has 0 spiro atoms. The van der Waals surface area contributed by atoms with Gasteiger partial charge < -0.3 is 4.74 Å². The minimum atomic E-state index is -3.79. The molecule has 6 nitrogen and oxygen atoms in total. The maximum atomic E-state index is 12.4. The van der Waals surface area contributed by atoms with Gasteiger partial charge in [0, 0.05) is 17.2 Å². The Morgan fingerprint density at radius 3 is 2.60 bits per heavy atom. The second-order valence-electron chi connectivity index (χ2n) is 3.96. The zero-order chi connectivity index (χ0) is 15.2. The fraction of sp³-hybridized carbons (Fsp3) is 0.500. The molecule has 0 aliphatic carbocycles. The maximum Gasteiger partial charge on any atom is 0.321 e. The lowest BCUT2D eigenvalue weighted by Gasteiger charge is -2.20. The highest BCUT2D eigenvalue weighted by atomic mass is 79.9. The number of aromatic nitrogens is 1. The lowest BCUT2D eigenvalue weighted by atomic mass is 10.5. The monoisotopic (exact) mass is 364 g/mol. The number of hydrogen-bond acceptors (Lipinski definition) is 5. The summed E-state index contributed by atoms with van der Waals surface area (Å²) < 4.78 is 31.4. The van der Waals surface area contributed by atoms with Crippen LogP contribution in [0.2, 0.25) is 0 Å². The van der Waals surface area contributed by atoms with Gasteiger partial charge in [0.1, 0.15) is 6.54 Å². The Morgan fingerprint density at radius 1 is 1.40 bits per heavy atom. The third-order valence-corrected chi connectivity index (χ3v) is 4.62. The highest BCUT2D eigenvalue weighted by Crippen LogP contribution is 2.16. The Morgan fingerprint density at radius 2 is 2.10 bits per heavy atom. The third kappa shape index (κ3) is 4.53. The summed E-state index contributed by atoms with van der Waals surface area (Å²) >= 11 is 3.20. The molecule has 1 aromatic heterocycles. The lowest BCUT2D eigenvalue weighted by molar-refractivity contribution is -0.143. The average Bonchev–Trinajstić information content (AvgIpc) is 2.39. The zero-order valence-electron chi connectivity index (χ0n) is 11.4. The van der Waals surface area contributed by atoms with Crippen LogP contribution >= 0.6 is 15.9 Å². The second-order valence-corrected chi connectivity index (χ2v) is 6.76. The van der Waals surface area contributed by atoms with Gasteiger partial charge in [0.15, 0.2) is 5.03 Å². The van der Waals surface area contributed by atoms with E-state index in [9.17, 15) is 13.2 Å². The van der Waals surface area contributed by atoms with Crippen LogP contribution in [0.1, 0.15) is 20.3 Å². The summed E-state index contributed by atoms with van der Waals surface area (Å²) in [5.41, 5.74) is 0. The number of hydrogen-bond donors (Lipinski definition) is 0. The van der Waals surface area contributed by atoms with Crippen molar-refractivity contribution in [2.75, 3.05) is 19.7 Å². The molecule has 0 aliphatic rings. The number of sulfonamides is 1. The molecule has 0 unspecified atom stereocenters. The number of nitrogens with zero attached hydrogens (tertiary/aromatic N) is 2. The van der Waals surface area contributed by atoms with Crippen molar-refractivity contribution in [3.8, 4) is 0 Å². The fourth-order valence-electron chi connectivity index (χ4n) is 1.53. The largest absolute Gasteiger partial charge is 0.465 e. The Labute approximate surface area is 127 Å². The quantitative estimate of drug-likeness (QED) is 0.689. The lowest BCUT2D eigenvalue weighted by Crippen LogP contribution is -2.37. The number of rotatable bonds is 7. The number of esters is 1. The van der Waals surface area contributed by atoms with Crippen LogP contribution in [0, 0.1) is 0 Å². The summed E-state index contributed by atoms with van der Waals surface area (Å²) in [7, 11) is -3.79. The van der Waals surface area contributed by atoms with E-state index in [2.05, 4.69) is 20.9 Å². The maximum absolute atomic E-state index is 12.4. The number of ether oxygens (including phenoxy) is 1. The SMILES string of the molecule is CCCN(CC(=O)OCC)S(=O)(=O)c1ccc(Br)cn1. The van der Waals surface area contributed by atoms with Crippen LogP contribution in [-0.4, -0.2) is 43.4 Å². The highest BCUT2D eigenvalue weighted by Gasteiger charge is 2.27. The van der Waals surface area contributed by atoms with Crippen molar-refractivity contribution in [3.63, 3.8) is 0 Å².